The van der Waals surface area contributed by atoms with Crippen molar-refractivity contribution < 1.29 is 13.9 Å². The SMILES string of the molecule is COc1nc(N(C)C)ncc1N=C(C1=C(N)C(=O)N(c2c[nH]c(=O)c(Cl)c2)C1c1ccc(C#N)c(F)c1)C(C)C. The summed E-state index contributed by atoms with van der Waals surface area (Å²) < 4.78 is 20.3. The fourth-order valence-corrected chi connectivity index (χ4v) is 4.47. The van der Waals surface area contributed by atoms with Gasteiger partial charge in [-0.2, -0.15) is 10.2 Å². The Balaban J connectivity index is 1.98. The van der Waals surface area contributed by atoms with Gasteiger partial charge in [0.2, 0.25) is 11.8 Å². The highest BCUT2D eigenvalue weighted by Crippen LogP contribution is 2.43. The topological polar surface area (TPSA) is 154 Å². The number of carbonyl (C=O) groups excluding carboxylic acids is 1. The van der Waals surface area contributed by atoms with Crippen LogP contribution in [0, 0.1) is 23.1 Å². The highest BCUT2D eigenvalue weighted by Gasteiger charge is 2.43. The van der Waals surface area contributed by atoms with E-state index in [0.29, 0.717) is 28.5 Å². The summed E-state index contributed by atoms with van der Waals surface area (Å²) in [5.41, 5.74) is 7.17. The van der Waals surface area contributed by atoms with Crippen molar-refractivity contribution in [2.45, 2.75) is 19.9 Å². The van der Waals surface area contributed by atoms with Gasteiger partial charge in [0.1, 0.15) is 28.3 Å². The van der Waals surface area contributed by atoms with Crippen LogP contribution < -0.4 is 25.8 Å². The second-order valence-electron chi connectivity index (χ2n) is 9.40. The summed E-state index contributed by atoms with van der Waals surface area (Å²) in [6, 6.07) is 6.16. The number of hydrogen-bond donors (Lipinski definition) is 2. The first-order chi connectivity index (χ1) is 19.0. The fourth-order valence-electron chi connectivity index (χ4n) is 4.30. The van der Waals surface area contributed by atoms with E-state index in [9.17, 15) is 19.2 Å². The van der Waals surface area contributed by atoms with Gasteiger partial charge in [0.15, 0.2) is 0 Å². The molecule has 13 heteroatoms. The minimum absolute atomic E-state index is 0.130. The molecule has 2 aromatic heterocycles. The van der Waals surface area contributed by atoms with E-state index in [-0.39, 0.29) is 33.8 Å². The molecule has 0 radical (unpaired) electrons. The Hall–Kier alpha value is -4.76. The predicted octanol–water partition coefficient (Wildman–Crippen LogP) is 3.63. The maximum atomic E-state index is 14.9. The van der Waals surface area contributed by atoms with Gasteiger partial charge in [-0.05, 0) is 29.7 Å². The summed E-state index contributed by atoms with van der Waals surface area (Å²) in [6.07, 6.45) is 2.81. The van der Waals surface area contributed by atoms with Crippen LogP contribution in [0.1, 0.15) is 31.0 Å². The summed E-state index contributed by atoms with van der Waals surface area (Å²) in [7, 11) is 5.02. The van der Waals surface area contributed by atoms with Crippen molar-refractivity contribution in [1.82, 2.24) is 15.0 Å². The molecule has 3 aromatic rings. The van der Waals surface area contributed by atoms with Crippen molar-refractivity contribution in [2.24, 2.45) is 16.6 Å². The molecule has 0 saturated heterocycles. The molecule has 40 heavy (non-hydrogen) atoms. The van der Waals surface area contributed by atoms with Crippen molar-refractivity contribution in [1.29, 1.82) is 5.26 Å². The number of carbonyl (C=O) groups is 1. The number of hydrogen-bond acceptors (Lipinski definition) is 9. The van der Waals surface area contributed by atoms with Gasteiger partial charge in [0.25, 0.3) is 11.5 Å². The second-order valence-corrected chi connectivity index (χ2v) is 9.81. The lowest BCUT2D eigenvalue weighted by Gasteiger charge is -2.29. The van der Waals surface area contributed by atoms with Crippen molar-refractivity contribution >= 4 is 40.5 Å². The first kappa shape index (κ1) is 28.3. The minimum Gasteiger partial charge on any atom is -0.479 e. The summed E-state index contributed by atoms with van der Waals surface area (Å²) in [5, 5.41) is 9.10. The molecule has 0 fully saturated rings. The zero-order chi connectivity index (χ0) is 29.3. The van der Waals surface area contributed by atoms with Gasteiger partial charge in [-0.3, -0.25) is 14.5 Å². The molecule has 11 nitrogen and oxygen atoms in total. The third kappa shape index (κ3) is 5.11. The van der Waals surface area contributed by atoms with Crippen molar-refractivity contribution in [3.05, 3.63) is 80.2 Å². The number of aliphatic imine (C=N–C) groups is 1. The number of aromatic nitrogens is 3. The van der Waals surface area contributed by atoms with Crippen LogP contribution in [0.4, 0.5) is 21.7 Å². The Morgan fingerprint density at radius 2 is 2.05 bits per heavy atom. The maximum Gasteiger partial charge on any atom is 0.275 e. The number of halogens is 2. The van der Waals surface area contributed by atoms with E-state index in [0.717, 1.165) is 0 Å². The van der Waals surface area contributed by atoms with Gasteiger partial charge in [-0.15, -0.1) is 0 Å². The Morgan fingerprint density at radius 3 is 2.62 bits per heavy atom. The zero-order valence-corrected chi connectivity index (χ0v) is 23.1. The predicted molar refractivity (Wildman–Crippen MR) is 149 cm³/mol. The molecule has 1 unspecified atom stereocenters. The Labute approximate surface area is 234 Å². The molecule has 3 N–H and O–H groups in total. The van der Waals surface area contributed by atoms with E-state index in [1.807, 2.05) is 13.8 Å². The monoisotopic (exact) mass is 564 g/mol. The van der Waals surface area contributed by atoms with Gasteiger partial charge in [-0.25, -0.2) is 14.4 Å². The number of rotatable bonds is 7. The number of methoxy groups -OCH3 is 1. The molecule has 3 heterocycles. The highest BCUT2D eigenvalue weighted by atomic mass is 35.5. The molecule has 0 bridgehead atoms. The number of pyridine rings is 1. The highest BCUT2D eigenvalue weighted by molar-refractivity contribution is 6.30. The van der Waals surface area contributed by atoms with E-state index in [2.05, 4.69) is 15.0 Å². The summed E-state index contributed by atoms with van der Waals surface area (Å²) in [5.74, 6) is -1.06. The Kier molecular flexibility index (Phi) is 7.88. The van der Waals surface area contributed by atoms with E-state index in [4.69, 9.17) is 27.1 Å². The van der Waals surface area contributed by atoms with E-state index < -0.39 is 23.3 Å². The normalized spacial score (nSPS) is 15.6. The number of ether oxygens (including phenoxy) is 1. The van der Waals surface area contributed by atoms with Gasteiger partial charge in [-0.1, -0.05) is 31.5 Å². The fraction of sp³-hybridized carbons (Fsp3) is 0.259. The van der Waals surface area contributed by atoms with E-state index in [1.54, 1.807) is 25.1 Å². The van der Waals surface area contributed by atoms with Crippen LogP contribution >= 0.6 is 11.6 Å². The lowest BCUT2D eigenvalue weighted by Crippen LogP contribution is -2.32. The molecule has 0 spiro atoms. The molecule has 1 aromatic carbocycles. The van der Waals surface area contributed by atoms with Crippen LogP contribution in [0.3, 0.4) is 0 Å². The van der Waals surface area contributed by atoms with E-state index in [1.165, 1.54) is 48.7 Å². The van der Waals surface area contributed by atoms with Crippen LogP contribution in [0.25, 0.3) is 0 Å². The Bertz CT molecular complexity index is 1660. The first-order valence-corrected chi connectivity index (χ1v) is 12.4. The molecular weight excluding hydrogens is 539 g/mol. The molecule has 0 saturated carbocycles. The van der Waals surface area contributed by atoms with E-state index >= 15 is 0 Å². The third-order valence-corrected chi connectivity index (χ3v) is 6.48. The number of anilines is 2. The molecular formula is C27H26ClFN8O3. The van der Waals surface area contributed by atoms with Crippen LogP contribution in [0.5, 0.6) is 5.88 Å². The van der Waals surface area contributed by atoms with Crippen molar-refractivity contribution in [3.8, 4) is 11.9 Å². The standard InChI is InChI=1S/C27H26ClFN8O3/c1-13(2)22(34-19-12-33-27(36(3)4)35-25(19)40-5)20-21(31)26(39)37(16-9-17(28)24(38)32-11-16)23(20)14-6-7-15(10-30)18(29)8-14/h6-9,11-13,23H,31H2,1-5H3,(H,32,38). The van der Waals surface area contributed by atoms with Gasteiger partial charge < -0.3 is 20.4 Å². The van der Waals surface area contributed by atoms with Crippen molar-refractivity contribution in [3.63, 3.8) is 0 Å². The molecule has 4 rings (SSSR count). The first-order valence-electron chi connectivity index (χ1n) is 12.1. The number of nitrogens with two attached hydrogens (primary N) is 1. The maximum absolute atomic E-state index is 14.9. The quantitative estimate of drug-likeness (QED) is 0.412. The second kappa shape index (κ2) is 11.2. The number of benzene rings is 1. The number of aromatic amines is 1. The van der Waals surface area contributed by atoms with Crippen LogP contribution in [-0.2, 0) is 4.79 Å². The Morgan fingerprint density at radius 1 is 1.32 bits per heavy atom. The molecule has 1 atom stereocenters. The summed E-state index contributed by atoms with van der Waals surface area (Å²) in [4.78, 5) is 44.6. The summed E-state index contributed by atoms with van der Waals surface area (Å²) in [6.45, 7) is 3.72. The molecule has 1 aliphatic heterocycles. The number of H-pyrrole nitrogens is 1. The third-order valence-electron chi connectivity index (χ3n) is 6.20. The lowest BCUT2D eigenvalue weighted by molar-refractivity contribution is -0.114. The summed E-state index contributed by atoms with van der Waals surface area (Å²) >= 11 is 6.08. The van der Waals surface area contributed by atoms with Crippen LogP contribution in [0.15, 0.2) is 57.7 Å². The largest absolute Gasteiger partial charge is 0.479 e. The van der Waals surface area contributed by atoms with Gasteiger partial charge in [0, 0.05) is 25.9 Å². The lowest BCUT2D eigenvalue weighted by atomic mass is 9.89. The van der Waals surface area contributed by atoms with Gasteiger partial charge in [0.05, 0.1) is 36.3 Å². The molecule has 1 amide bonds. The number of amides is 1. The molecule has 1 aliphatic rings. The average Bonchev–Trinajstić information content (AvgIpc) is 3.18. The van der Waals surface area contributed by atoms with Crippen LogP contribution in [0.2, 0.25) is 5.02 Å². The van der Waals surface area contributed by atoms with Crippen LogP contribution in [-0.4, -0.2) is 47.8 Å². The van der Waals surface area contributed by atoms with Gasteiger partial charge >= 0.3 is 0 Å². The molecule has 0 aliphatic carbocycles. The smallest absolute Gasteiger partial charge is 0.275 e. The number of nitriles is 1. The minimum atomic E-state index is -0.981. The zero-order valence-electron chi connectivity index (χ0n) is 22.4. The van der Waals surface area contributed by atoms with Crippen molar-refractivity contribution in [2.75, 3.05) is 31.0 Å². The average molecular weight is 565 g/mol. The number of nitrogens with zero attached hydrogens (tertiary/aromatic N) is 6. The molecule has 206 valence electrons. The number of nitrogens with one attached hydrogen (secondary N) is 1.